The van der Waals surface area contributed by atoms with Gasteiger partial charge in [0.2, 0.25) is 10.0 Å². The molecule has 5 nitrogen and oxygen atoms in total. The smallest absolute Gasteiger partial charge is 0.258 e. The first kappa shape index (κ1) is 20.1. The van der Waals surface area contributed by atoms with E-state index in [1.807, 2.05) is 13.8 Å². The molecule has 2 aromatic rings. The lowest BCUT2D eigenvalue weighted by molar-refractivity contribution is 0.0989. The van der Waals surface area contributed by atoms with Gasteiger partial charge in [-0.3, -0.25) is 4.79 Å². The van der Waals surface area contributed by atoms with Crippen LogP contribution in [0.1, 0.15) is 29.8 Å². The molecule has 1 heterocycles. The van der Waals surface area contributed by atoms with Gasteiger partial charge in [-0.2, -0.15) is 4.31 Å². The average molecular weight is 427 g/mol. The van der Waals surface area contributed by atoms with E-state index in [1.165, 1.54) is 4.31 Å². The summed E-state index contributed by atoms with van der Waals surface area (Å²) in [7, 11) is -3.53. The first-order chi connectivity index (χ1) is 12.8. The summed E-state index contributed by atoms with van der Waals surface area (Å²) >= 11 is 12.0. The highest BCUT2D eigenvalue weighted by Crippen LogP contribution is 2.33. The quantitative estimate of drug-likeness (QED) is 0.718. The number of rotatable bonds is 5. The van der Waals surface area contributed by atoms with E-state index in [2.05, 4.69) is 0 Å². The summed E-state index contributed by atoms with van der Waals surface area (Å²) in [5, 5.41) is 0.789. The maximum absolute atomic E-state index is 12.9. The highest BCUT2D eigenvalue weighted by atomic mass is 35.5. The maximum Gasteiger partial charge on any atom is 0.258 e. The fraction of sp³-hybridized carbons (Fsp3) is 0.316. The number of halogens is 2. The standard InChI is InChI=1S/C19H20Cl2N2O3S/c1-3-22(4-2)27(25,26)17-5-6-18-13(11-17)7-8-23(18)19(24)14-9-15(20)12-16(21)10-14/h5-6,9-12H,3-4,7-8H2,1-2H3. The van der Waals surface area contributed by atoms with Gasteiger partial charge in [0.05, 0.1) is 4.90 Å². The van der Waals surface area contributed by atoms with Crippen LogP contribution in [-0.2, 0) is 16.4 Å². The van der Waals surface area contributed by atoms with Crippen LogP contribution in [0.25, 0.3) is 0 Å². The Morgan fingerprint density at radius 2 is 1.70 bits per heavy atom. The second-order valence-electron chi connectivity index (χ2n) is 6.24. The zero-order valence-electron chi connectivity index (χ0n) is 15.1. The maximum atomic E-state index is 12.9. The fourth-order valence-electron chi connectivity index (χ4n) is 3.30. The van der Waals surface area contributed by atoms with E-state index < -0.39 is 10.0 Å². The van der Waals surface area contributed by atoms with Gasteiger partial charge in [0, 0.05) is 40.9 Å². The van der Waals surface area contributed by atoms with Gasteiger partial charge >= 0.3 is 0 Å². The molecule has 0 unspecified atom stereocenters. The van der Waals surface area contributed by atoms with Gasteiger partial charge < -0.3 is 4.90 Å². The van der Waals surface area contributed by atoms with E-state index in [-0.39, 0.29) is 10.8 Å². The van der Waals surface area contributed by atoms with Crippen LogP contribution in [0, 0.1) is 0 Å². The van der Waals surface area contributed by atoms with Crippen LogP contribution in [0.3, 0.4) is 0 Å². The molecule has 2 aromatic carbocycles. The number of sulfonamides is 1. The zero-order valence-corrected chi connectivity index (χ0v) is 17.4. The lowest BCUT2D eigenvalue weighted by Gasteiger charge is -2.20. The average Bonchev–Trinajstić information content (AvgIpc) is 3.04. The van der Waals surface area contributed by atoms with Gasteiger partial charge in [0.25, 0.3) is 5.91 Å². The van der Waals surface area contributed by atoms with Crippen molar-refractivity contribution in [2.75, 3.05) is 24.5 Å². The highest BCUT2D eigenvalue weighted by molar-refractivity contribution is 7.89. The van der Waals surface area contributed by atoms with Crippen molar-refractivity contribution >= 4 is 44.8 Å². The normalized spacial score (nSPS) is 13.9. The summed E-state index contributed by atoms with van der Waals surface area (Å²) < 4.78 is 26.9. The topological polar surface area (TPSA) is 57.7 Å². The fourth-order valence-corrected chi connectivity index (χ4v) is 5.33. The molecule has 0 bridgehead atoms. The van der Waals surface area contributed by atoms with Crippen molar-refractivity contribution in [3.63, 3.8) is 0 Å². The number of hydrogen-bond acceptors (Lipinski definition) is 3. The van der Waals surface area contributed by atoms with Gasteiger partial charge in [0.15, 0.2) is 0 Å². The predicted octanol–water partition coefficient (Wildman–Crippen LogP) is 4.23. The van der Waals surface area contributed by atoms with Crippen LogP contribution in [-0.4, -0.2) is 38.3 Å². The molecule has 27 heavy (non-hydrogen) atoms. The molecule has 1 aliphatic rings. The first-order valence-electron chi connectivity index (χ1n) is 8.69. The van der Waals surface area contributed by atoms with E-state index in [1.54, 1.807) is 41.3 Å². The summed E-state index contributed by atoms with van der Waals surface area (Å²) in [4.78, 5) is 14.8. The van der Waals surface area contributed by atoms with Gasteiger partial charge in [-0.25, -0.2) is 8.42 Å². The highest BCUT2D eigenvalue weighted by Gasteiger charge is 2.29. The monoisotopic (exact) mass is 426 g/mol. The van der Waals surface area contributed by atoms with Crippen LogP contribution >= 0.6 is 23.2 Å². The number of nitrogens with zero attached hydrogens (tertiary/aromatic N) is 2. The Hall–Kier alpha value is -1.60. The molecule has 3 rings (SSSR count). The number of anilines is 1. The van der Waals surface area contributed by atoms with E-state index >= 15 is 0 Å². The lowest BCUT2D eigenvalue weighted by atomic mass is 10.1. The van der Waals surface area contributed by atoms with Crippen molar-refractivity contribution in [3.8, 4) is 0 Å². The molecule has 0 spiro atoms. The van der Waals surface area contributed by atoms with Crippen LogP contribution in [0.4, 0.5) is 5.69 Å². The van der Waals surface area contributed by atoms with Crippen molar-refractivity contribution in [2.24, 2.45) is 0 Å². The zero-order chi connectivity index (χ0) is 19.8. The lowest BCUT2D eigenvalue weighted by Crippen LogP contribution is -2.30. The van der Waals surface area contributed by atoms with Gasteiger partial charge in [-0.05, 0) is 48.4 Å². The summed E-state index contributed by atoms with van der Waals surface area (Å²) in [5.41, 5.74) is 1.96. The number of carbonyl (C=O) groups excluding carboxylic acids is 1. The molecule has 144 valence electrons. The van der Waals surface area contributed by atoms with Gasteiger partial charge in [0.1, 0.15) is 0 Å². The number of hydrogen-bond donors (Lipinski definition) is 0. The Labute approximate surface area is 169 Å². The molecule has 0 saturated heterocycles. The Morgan fingerprint density at radius 3 is 2.30 bits per heavy atom. The van der Waals surface area contributed by atoms with Gasteiger partial charge in [-0.15, -0.1) is 0 Å². The second kappa shape index (κ2) is 7.80. The third-order valence-electron chi connectivity index (χ3n) is 4.64. The van der Waals surface area contributed by atoms with Crippen LogP contribution in [0.2, 0.25) is 10.0 Å². The molecule has 0 fully saturated rings. The Morgan fingerprint density at radius 1 is 1.07 bits per heavy atom. The molecule has 1 aliphatic heterocycles. The van der Waals surface area contributed by atoms with Crippen molar-refractivity contribution in [3.05, 3.63) is 57.6 Å². The molecule has 0 N–H and O–H groups in total. The largest absolute Gasteiger partial charge is 0.308 e. The Bertz CT molecular complexity index is 968. The molecular weight excluding hydrogens is 407 g/mol. The van der Waals surface area contributed by atoms with Crippen LogP contribution in [0.5, 0.6) is 0 Å². The number of amides is 1. The molecule has 0 atom stereocenters. The van der Waals surface area contributed by atoms with E-state index in [9.17, 15) is 13.2 Å². The molecule has 0 radical (unpaired) electrons. The summed E-state index contributed by atoms with van der Waals surface area (Å²) in [6.45, 7) is 4.93. The Balaban J connectivity index is 1.94. The van der Waals surface area contributed by atoms with Crippen molar-refractivity contribution in [2.45, 2.75) is 25.2 Å². The minimum absolute atomic E-state index is 0.211. The first-order valence-corrected chi connectivity index (χ1v) is 10.9. The van der Waals surface area contributed by atoms with Gasteiger partial charge in [-0.1, -0.05) is 37.0 Å². The molecule has 8 heteroatoms. The van der Waals surface area contributed by atoms with Crippen molar-refractivity contribution in [1.82, 2.24) is 4.31 Å². The Kier molecular flexibility index (Phi) is 5.82. The third kappa shape index (κ3) is 3.85. The summed E-state index contributed by atoms with van der Waals surface area (Å²) in [6.07, 6.45) is 0.594. The molecule has 0 saturated carbocycles. The molecule has 0 aromatic heterocycles. The third-order valence-corrected chi connectivity index (χ3v) is 7.13. The van der Waals surface area contributed by atoms with E-state index in [0.717, 1.165) is 11.3 Å². The predicted molar refractivity (Wildman–Crippen MR) is 108 cm³/mol. The summed E-state index contributed by atoms with van der Waals surface area (Å²) in [6, 6.07) is 9.65. The minimum Gasteiger partial charge on any atom is -0.308 e. The van der Waals surface area contributed by atoms with E-state index in [0.29, 0.717) is 41.7 Å². The molecule has 1 amide bonds. The van der Waals surface area contributed by atoms with Crippen molar-refractivity contribution in [1.29, 1.82) is 0 Å². The minimum atomic E-state index is -3.53. The van der Waals surface area contributed by atoms with E-state index in [4.69, 9.17) is 23.2 Å². The van der Waals surface area contributed by atoms with Crippen LogP contribution in [0.15, 0.2) is 41.3 Å². The number of benzene rings is 2. The molecular formula is C19H20Cl2N2O3S. The SMILES string of the molecule is CCN(CC)S(=O)(=O)c1ccc2c(c1)CCN2C(=O)c1cc(Cl)cc(Cl)c1. The summed E-state index contributed by atoms with van der Waals surface area (Å²) in [5.74, 6) is -0.211. The second-order valence-corrected chi connectivity index (χ2v) is 9.06. The number of carbonyl (C=O) groups is 1. The van der Waals surface area contributed by atoms with Crippen molar-refractivity contribution < 1.29 is 13.2 Å². The molecule has 0 aliphatic carbocycles. The van der Waals surface area contributed by atoms with Crippen LogP contribution < -0.4 is 4.90 Å². The number of fused-ring (bicyclic) bond motifs is 1.